The molecule has 0 amide bonds. The van der Waals surface area contributed by atoms with E-state index in [0.717, 1.165) is 0 Å². The predicted molar refractivity (Wildman–Crippen MR) is 43.8 cm³/mol. The Kier molecular flexibility index (Phi) is 5.13. The van der Waals surface area contributed by atoms with E-state index >= 15 is 0 Å². The first-order valence-electron chi connectivity index (χ1n) is 3.93. The molecule has 0 atom stereocenters. The molecule has 0 aliphatic heterocycles. The maximum atomic E-state index is 10.9. The summed E-state index contributed by atoms with van der Waals surface area (Å²) in [5, 5.41) is 16.4. The molecule has 0 aliphatic rings. The van der Waals surface area contributed by atoms with Gasteiger partial charge in [-0.1, -0.05) is 0 Å². The number of ketones is 2. The zero-order valence-corrected chi connectivity index (χ0v) is 7.36. The van der Waals surface area contributed by atoms with Crippen molar-refractivity contribution < 1.29 is 29.4 Å². The van der Waals surface area contributed by atoms with Crippen molar-refractivity contribution >= 4 is 23.5 Å². The van der Waals surface area contributed by atoms with Crippen LogP contribution in [0.1, 0.15) is 25.7 Å². The summed E-state index contributed by atoms with van der Waals surface area (Å²) in [6.07, 6.45) is -1.54. The van der Waals surface area contributed by atoms with E-state index in [9.17, 15) is 19.2 Å². The van der Waals surface area contributed by atoms with E-state index in [4.69, 9.17) is 10.2 Å². The van der Waals surface area contributed by atoms with Gasteiger partial charge in [-0.2, -0.15) is 0 Å². The van der Waals surface area contributed by atoms with E-state index in [2.05, 4.69) is 0 Å². The Bertz CT molecular complexity index is 239. The fourth-order valence-electron chi connectivity index (χ4n) is 0.720. The molecule has 0 heterocycles. The van der Waals surface area contributed by atoms with Gasteiger partial charge >= 0.3 is 11.9 Å². The fourth-order valence-corrected chi connectivity index (χ4v) is 0.720. The summed E-state index contributed by atoms with van der Waals surface area (Å²) in [5.74, 6) is -3.98. The molecule has 6 heteroatoms. The molecule has 0 fully saturated rings. The molecular weight excluding hydrogens is 192 g/mol. The summed E-state index contributed by atoms with van der Waals surface area (Å²) in [5.41, 5.74) is 0. The Hall–Kier alpha value is -1.72. The summed E-state index contributed by atoms with van der Waals surface area (Å²) in [6, 6.07) is 0. The van der Waals surface area contributed by atoms with Crippen LogP contribution in [0.15, 0.2) is 0 Å². The third kappa shape index (κ3) is 5.87. The molecule has 0 saturated heterocycles. The first-order chi connectivity index (χ1) is 6.43. The molecule has 0 saturated carbocycles. The monoisotopic (exact) mass is 202 g/mol. The Balaban J connectivity index is 3.82. The average molecular weight is 202 g/mol. The van der Waals surface area contributed by atoms with Gasteiger partial charge in [0, 0.05) is 12.8 Å². The van der Waals surface area contributed by atoms with Crippen LogP contribution in [0.2, 0.25) is 0 Å². The summed E-state index contributed by atoms with van der Waals surface area (Å²) in [7, 11) is 0. The third-order valence-electron chi connectivity index (χ3n) is 1.44. The third-order valence-corrected chi connectivity index (χ3v) is 1.44. The van der Waals surface area contributed by atoms with Crippen molar-refractivity contribution in [1.29, 1.82) is 0 Å². The molecule has 2 N–H and O–H groups in total. The van der Waals surface area contributed by atoms with E-state index in [1.54, 1.807) is 0 Å². The SMILES string of the molecule is O=C(O)CCC(=O)C(=O)CCC(=O)O. The van der Waals surface area contributed by atoms with Gasteiger partial charge in [0.15, 0.2) is 11.6 Å². The van der Waals surface area contributed by atoms with E-state index < -0.39 is 36.3 Å². The molecule has 0 aromatic heterocycles. The normalized spacial score (nSPS) is 9.43. The molecule has 6 nitrogen and oxygen atoms in total. The molecule has 0 rings (SSSR count). The molecule has 0 bridgehead atoms. The number of Topliss-reactive ketones (excluding diaryl/α,β-unsaturated/α-hetero) is 2. The molecule has 14 heavy (non-hydrogen) atoms. The van der Waals surface area contributed by atoms with Crippen LogP contribution in [0, 0.1) is 0 Å². The van der Waals surface area contributed by atoms with E-state index in [-0.39, 0.29) is 12.8 Å². The molecule has 0 radical (unpaired) electrons. The van der Waals surface area contributed by atoms with Crippen molar-refractivity contribution in [2.24, 2.45) is 0 Å². The van der Waals surface area contributed by atoms with Gasteiger partial charge in [-0.25, -0.2) is 0 Å². The lowest BCUT2D eigenvalue weighted by Crippen LogP contribution is -2.16. The number of rotatable bonds is 7. The van der Waals surface area contributed by atoms with E-state index in [0.29, 0.717) is 0 Å². The van der Waals surface area contributed by atoms with Crippen molar-refractivity contribution in [3.63, 3.8) is 0 Å². The maximum absolute atomic E-state index is 10.9. The lowest BCUT2D eigenvalue weighted by atomic mass is 10.1. The molecule has 0 aromatic rings. The number of hydrogen-bond donors (Lipinski definition) is 2. The minimum atomic E-state index is -1.16. The van der Waals surface area contributed by atoms with Gasteiger partial charge in [-0.15, -0.1) is 0 Å². The first kappa shape index (κ1) is 12.3. The van der Waals surface area contributed by atoms with Crippen LogP contribution in [-0.2, 0) is 19.2 Å². The van der Waals surface area contributed by atoms with Gasteiger partial charge in [0.1, 0.15) is 0 Å². The Morgan fingerprint density at radius 2 is 0.929 bits per heavy atom. The van der Waals surface area contributed by atoms with Gasteiger partial charge in [0.25, 0.3) is 0 Å². The average Bonchev–Trinajstić information content (AvgIpc) is 2.09. The van der Waals surface area contributed by atoms with Gasteiger partial charge in [-0.05, 0) is 0 Å². The Morgan fingerprint density at radius 3 is 1.14 bits per heavy atom. The number of carbonyl (C=O) groups is 4. The van der Waals surface area contributed by atoms with Crippen molar-refractivity contribution in [2.45, 2.75) is 25.7 Å². The van der Waals surface area contributed by atoms with Crippen molar-refractivity contribution in [3.05, 3.63) is 0 Å². The highest BCUT2D eigenvalue weighted by Crippen LogP contribution is 1.98. The number of aliphatic carboxylic acids is 2. The molecule has 0 unspecified atom stereocenters. The topological polar surface area (TPSA) is 109 Å². The molecular formula is C8H10O6. The second-order valence-corrected chi connectivity index (χ2v) is 2.63. The molecule has 0 aliphatic carbocycles. The summed E-state index contributed by atoms with van der Waals surface area (Å²) >= 11 is 0. The van der Waals surface area contributed by atoms with Gasteiger partial charge in [0.05, 0.1) is 12.8 Å². The Morgan fingerprint density at radius 1 is 0.643 bits per heavy atom. The lowest BCUT2D eigenvalue weighted by molar-refractivity contribution is -0.142. The van der Waals surface area contributed by atoms with Crippen LogP contribution in [0.5, 0.6) is 0 Å². The van der Waals surface area contributed by atoms with Crippen LogP contribution >= 0.6 is 0 Å². The van der Waals surface area contributed by atoms with Crippen LogP contribution in [0.3, 0.4) is 0 Å². The van der Waals surface area contributed by atoms with Crippen molar-refractivity contribution in [3.8, 4) is 0 Å². The van der Waals surface area contributed by atoms with Crippen LogP contribution < -0.4 is 0 Å². The van der Waals surface area contributed by atoms with Gasteiger partial charge < -0.3 is 10.2 Å². The highest BCUT2D eigenvalue weighted by molar-refractivity contribution is 6.37. The second-order valence-electron chi connectivity index (χ2n) is 2.63. The van der Waals surface area contributed by atoms with Crippen LogP contribution in [-0.4, -0.2) is 33.7 Å². The van der Waals surface area contributed by atoms with E-state index in [1.165, 1.54) is 0 Å². The van der Waals surface area contributed by atoms with Crippen molar-refractivity contribution in [2.75, 3.05) is 0 Å². The zero-order chi connectivity index (χ0) is 11.1. The number of carboxylic acid groups (broad SMARTS) is 2. The quantitative estimate of drug-likeness (QED) is 0.556. The van der Waals surface area contributed by atoms with E-state index in [1.807, 2.05) is 0 Å². The standard InChI is InChI=1S/C8H10O6/c9-5(1-3-7(11)12)6(10)2-4-8(13)14/h1-4H2,(H,11,12)(H,13,14). The smallest absolute Gasteiger partial charge is 0.303 e. The second kappa shape index (κ2) is 5.85. The summed E-state index contributed by atoms with van der Waals surface area (Å²) in [4.78, 5) is 41.8. The maximum Gasteiger partial charge on any atom is 0.303 e. The minimum absolute atomic E-state index is 0.367. The zero-order valence-electron chi connectivity index (χ0n) is 7.36. The molecule has 78 valence electrons. The predicted octanol–water partition coefficient (Wildman–Crippen LogP) is -0.146. The fraction of sp³-hybridized carbons (Fsp3) is 0.500. The Labute approximate surface area is 79.5 Å². The van der Waals surface area contributed by atoms with Crippen LogP contribution in [0.4, 0.5) is 0 Å². The number of hydrogen-bond acceptors (Lipinski definition) is 4. The first-order valence-corrected chi connectivity index (χ1v) is 3.93. The molecule has 0 aromatic carbocycles. The van der Waals surface area contributed by atoms with Gasteiger partial charge in [0.2, 0.25) is 0 Å². The van der Waals surface area contributed by atoms with Crippen molar-refractivity contribution in [1.82, 2.24) is 0 Å². The lowest BCUT2D eigenvalue weighted by Gasteiger charge is -1.96. The summed E-state index contributed by atoms with van der Waals surface area (Å²) < 4.78 is 0. The van der Waals surface area contributed by atoms with Gasteiger partial charge in [-0.3, -0.25) is 19.2 Å². The minimum Gasteiger partial charge on any atom is -0.481 e. The largest absolute Gasteiger partial charge is 0.481 e. The highest BCUT2D eigenvalue weighted by atomic mass is 16.4. The highest BCUT2D eigenvalue weighted by Gasteiger charge is 2.15. The molecule has 0 spiro atoms. The number of carboxylic acids is 2. The number of carbonyl (C=O) groups excluding carboxylic acids is 2. The van der Waals surface area contributed by atoms with Crippen LogP contribution in [0.25, 0.3) is 0 Å². The summed E-state index contributed by atoms with van der Waals surface area (Å²) in [6.45, 7) is 0.